The molecular formula is C8H11ClNO+. The maximum Gasteiger partial charge on any atom is 0.172 e. The second-order valence-electron chi connectivity index (χ2n) is 2.16. The molecule has 0 aliphatic heterocycles. The number of hydrogen-bond acceptors (Lipinski definition) is 1. The van der Waals surface area contributed by atoms with Crippen molar-refractivity contribution in [1.82, 2.24) is 0 Å². The average molecular weight is 173 g/mol. The van der Waals surface area contributed by atoms with Crippen molar-refractivity contribution in [1.29, 1.82) is 0 Å². The van der Waals surface area contributed by atoms with E-state index < -0.39 is 0 Å². The minimum Gasteiger partial charge on any atom is -0.496 e. The molecule has 0 aromatic carbocycles. The molecule has 0 aliphatic carbocycles. The molecule has 0 fully saturated rings. The Morgan fingerprint density at radius 2 is 2.09 bits per heavy atom. The summed E-state index contributed by atoms with van der Waals surface area (Å²) in [5.74, 6) is 1.51. The number of ether oxygens (including phenoxy) is 1. The van der Waals surface area contributed by atoms with Crippen LogP contribution in [-0.2, 0) is 6.54 Å². The van der Waals surface area contributed by atoms with Crippen LogP contribution in [-0.4, -0.2) is 13.0 Å². The van der Waals surface area contributed by atoms with Crippen molar-refractivity contribution in [2.45, 2.75) is 6.54 Å². The average Bonchev–Trinajstić information content (AvgIpc) is 2.07. The molecule has 0 amide bonds. The highest BCUT2D eigenvalue weighted by Crippen LogP contribution is 2.03. The van der Waals surface area contributed by atoms with Gasteiger partial charge in [-0.3, -0.25) is 0 Å². The highest BCUT2D eigenvalue weighted by molar-refractivity contribution is 6.17. The van der Waals surface area contributed by atoms with Crippen LogP contribution in [0.15, 0.2) is 24.5 Å². The van der Waals surface area contributed by atoms with Gasteiger partial charge in [-0.15, -0.1) is 11.6 Å². The summed E-state index contributed by atoms with van der Waals surface area (Å²) in [4.78, 5) is 0. The lowest BCUT2D eigenvalue weighted by Crippen LogP contribution is -2.33. The van der Waals surface area contributed by atoms with E-state index >= 15 is 0 Å². The number of hydrogen-bond donors (Lipinski definition) is 0. The number of halogens is 1. The van der Waals surface area contributed by atoms with Crippen molar-refractivity contribution in [3.8, 4) is 5.75 Å². The first kappa shape index (κ1) is 8.34. The van der Waals surface area contributed by atoms with E-state index in [1.807, 2.05) is 29.1 Å². The van der Waals surface area contributed by atoms with Gasteiger partial charge < -0.3 is 4.74 Å². The maximum atomic E-state index is 5.56. The number of aromatic nitrogens is 1. The predicted molar refractivity (Wildman–Crippen MR) is 43.9 cm³/mol. The smallest absolute Gasteiger partial charge is 0.172 e. The third-order valence-corrected chi connectivity index (χ3v) is 1.61. The molecule has 0 saturated carbocycles. The van der Waals surface area contributed by atoms with Gasteiger partial charge in [-0.1, -0.05) is 0 Å². The van der Waals surface area contributed by atoms with Crippen molar-refractivity contribution in [2.75, 3.05) is 13.0 Å². The third-order valence-electron chi connectivity index (χ3n) is 1.44. The lowest BCUT2D eigenvalue weighted by molar-refractivity contribution is -0.692. The molecule has 0 saturated heterocycles. The van der Waals surface area contributed by atoms with Crippen LogP contribution < -0.4 is 9.30 Å². The topological polar surface area (TPSA) is 13.1 Å². The Balaban J connectivity index is 2.66. The normalized spacial score (nSPS) is 9.64. The molecule has 0 unspecified atom stereocenters. The number of pyridine rings is 1. The fourth-order valence-electron chi connectivity index (χ4n) is 0.826. The summed E-state index contributed by atoms with van der Waals surface area (Å²) in [5, 5.41) is 0. The van der Waals surface area contributed by atoms with Crippen molar-refractivity contribution in [3.05, 3.63) is 24.5 Å². The largest absolute Gasteiger partial charge is 0.496 e. The first-order chi connectivity index (χ1) is 5.36. The molecule has 0 radical (unpaired) electrons. The van der Waals surface area contributed by atoms with Crippen LogP contribution in [0.25, 0.3) is 0 Å². The van der Waals surface area contributed by atoms with Crippen molar-refractivity contribution in [2.24, 2.45) is 0 Å². The standard InChI is InChI=1S/C8H11ClNO/c1-11-8-2-5-10(6-3-8)7-4-9/h2-3,5-6H,4,7H2,1H3/q+1. The van der Waals surface area contributed by atoms with E-state index in [-0.39, 0.29) is 0 Å². The van der Waals surface area contributed by atoms with Gasteiger partial charge in [0.15, 0.2) is 18.9 Å². The number of methoxy groups -OCH3 is 1. The minimum atomic E-state index is 0.636. The maximum absolute atomic E-state index is 5.56. The fourth-order valence-corrected chi connectivity index (χ4v) is 1.02. The molecule has 0 aliphatic rings. The van der Waals surface area contributed by atoms with Crippen molar-refractivity contribution < 1.29 is 9.30 Å². The monoisotopic (exact) mass is 172 g/mol. The molecule has 1 rings (SSSR count). The van der Waals surface area contributed by atoms with Crippen LogP contribution in [0.1, 0.15) is 0 Å². The number of aryl methyl sites for hydroxylation is 1. The van der Waals surface area contributed by atoms with Gasteiger partial charge >= 0.3 is 0 Å². The van der Waals surface area contributed by atoms with E-state index in [0.717, 1.165) is 12.3 Å². The van der Waals surface area contributed by atoms with Gasteiger partial charge in [0.05, 0.1) is 13.0 Å². The van der Waals surface area contributed by atoms with Crippen molar-refractivity contribution in [3.63, 3.8) is 0 Å². The summed E-state index contributed by atoms with van der Waals surface area (Å²) in [7, 11) is 1.65. The zero-order chi connectivity index (χ0) is 8.10. The number of nitrogens with zero attached hydrogens (tertiary/aromatic N) is 1. The van der Waals surface area contributed by atoms with Gasteiger partial charge in [-0.2, -0.15) is 0 Å². The van der Waals surface area contributed by atoms with Crippen LogP contribution in [0, 0.1) is 0 Å². The molecule has 0 N–H and O–H groups in total. The molecule has 1 aromatic heterocycles. The zero-order valence-electron chi connectivity index (χ0n) is 6.46. The summed E-state index contributed by atoms with van der Waals surface area (Å²) in [6.45, 7) is 0.839. The van der Waals surface area contributed by atoms with Crippen LogP contribution >= 0.6 is 11.6 Å². The lowest BCUT2D eigenvalue weighted by atomic mass is 10.4. The summed E-state index contributed by atoms with van der Waals surface area (Å²) < 4.78 is 7.01. The Bertz CT molecular complexity index is 210. The summed E-state index contributed by atoms with van der Waals surface area (Å²) in [6, 6.07) is 3.82. The molecule has 2 nitrogen and oxygen atoms in total. The SMILES string of the molecule is COc1cc[n+](CCCl)cc1. The first-order valence-corrected chi connectivity index (χ1v) is 3.99. The van der Waals surface area contributed by atoms with Gasteiger partial charge in [0, 0.05) is 12.1 Å². The Kier molecular flexibility index (Phi) is 3.17. The molecule has 11 heavy (non-hydrogen) atoms. The third kappa shape index (κ3) is 2.39. The van der Waals surface area contributed by atoms with Gasteiger partial charge in [0.25, 0.3) is 0 Å². The Labute approximate surface area is 71.4 Å². The van der Waals surface area contributed by atoms with E-state index in [1.165, 1.54) is 0 Å². The van der Waals surface area contributed by atoms with Crippen LogP contribution in [0.4, 0.5) is 0 Å². The van der Waals surface area contributed by atoms with E-state index in [0.29, 0.717) is 5.88 Å². The highest BCUT2D eigenvalue weighted by Gasteiger charge is 1.97. The van der Waals surface area contributed by atoms with E-state index in [1.54, 1.807) is 7.11 Å². The van der Waals surface area contributed by atoms with Gasteiger partial charge in [0.2, 0.25) is 0 Å². The van der Waals surface area contributed by atoms with E-state index in [2.05, 4.69) is 0 Å². The Morgan fingerprint density at radius 3 is 2.55 bits per heavy atom. The summed E-state index contributed by atoms with van der Waals surface area (Å²) in [6.07, 6.45) is 3.89. The number of rotatable bonds is 3. The quantitative estimate of drug-likeness (QED) is 0.494. The van der Waals surface area contributed by atoms with Gasteiger partial charge in [-0.25, -0.2) is 4.57 Å². The van der Waals surface area contributed by atoms with E-state index in [4.69, 9.17) is 16.3 Å². The molecule has 0 bridgehead atoms. The highest BCUT2D eigenvalue weighted by atomic mass is 35.5. The molecular weight excluding hydrogens is 162 g/mol. The lowest BCUT2D eigenvalue weighted by Gasteiger charge is -1.96. The molecule has 60 valence electrons. The fraction of sp³-hybridized carbons (Fsp3) is 0.375. The molecule has 3 heteroatoms. The zero-order valence-corrected chi connectivity index (χ0v) is 7.21. The van der Waals surface area contributed by atoms with Crippen LogP contribution in [0.2, 0.25) is 0 Å². The van der Waals surface area contributed by atoms with Crippen LogP contribution in [0.3, 0.4) is 0 Å². The molecule has 1 heterocycles. The van der Waals surface area contributed by atoms with Crippen molar-refractivity contribution >= 4 is 11.6 Å². The molecule has 1 aromatic rings. The second kappa shape index (κ2) is 4.19. The summed E-state index contributed by atoms with van der Waals surface area (Å²) in [5.41, 5.74) is 0. The molecule has 0 spiro atoms. The predicted octanol–water partition coefficient (Wildman–Crippen LogP) is 1.22. The summed E-state index contributed by atoms with van der Waals surface area (Å²) >= 11 is 5.56. The van der Waals surface area contributed by atoms with Gasteiger partial charge in [-0.05, 0) is 0 Å². The van der Waals surface area contributed by atoms with E-state index in [9.17, 15) is 0 Å². The van der Waals surface area contributed by atoms with Crippen LogP contribution in [0.5, 0.6) is 5.75 Å². The van der Waals surface area contributed by atoms with Gasteiger partial charge in [0.1, 0.15) is 5.75 Å². The minimum absolute atomic E-state index is 0.636. The number of alkyl halides is 1. The Morgan fingerprint density at radius 1 is 1.45 bits per heavy atom. The molecule has 0 atom stereocenters. The first-order valence-electron chi connectivity index (χ1n) is 3.46. The Hall–Kier alpha value is -0.760. The second-order valence-corrected chi connectivity index (χ2v) is 2.54.